The van der Waals surface area contributed by atoms with Crippen LogP contribution >= 0.6 is 0 Å². The van der Waals surface area contributed by atoms with Crippen LogP contribution in [0.2, 0.25) is 0 Å². The molecule has 0 aliphatic rings. The molecule has 1 rings (SSSR count). The molecule has 0 bridgehead atoms. The first-order valence-electron chi connectivity index (χ1n) is 5.14. The number of carbonyl (C=O) groups excluding carboxylic acids is 1. The number of likely N-dealkylation sites (N-methyl/N-ethyl adjacent to an activating group) is 1. The van der Waals surface area contributed by atoms with Crippen LogP contribution in [0.3, 0.4) is 0 Å². The first-order chi connectivity index (χ1) is 7.62. The minimum atomic E-state index is -1.11. The molecular weight excluding hydrogens is 209 g/mol. The maximum Gasteiger partial charge on any atom is 0.330 e. The van der Waals surface area contributed by atoms with E-state index in [4.69, 9.17) is 4.74 Å². The number of benzene rings is 1. The van der Waals surface area contributed by atoms with Gasteiger partial charge in [-0.05, 0) is 19.5 Å². The molecule has 0 aliphatic heterocycles. The van der Waals surface area contributed by atoms with Crippen LogP contribution in [0.5, 0.6) is 0 Å². The third kappa shape index (κ3) is 1.93. The van der Waals surface area contributed by atoms with Crippen LogP contribution in [-0.2, 0) is 15.1 Å². The highest BCUT2D eigenvalue weighted by atomic mass is 19.1. The van der Waals surface area contributed by atoms with Gasteiger partial charge in [-0.25, -0.2) is 9.18 Å². The van der Waals surface area contributed by atoms with Crippen LogP contribution in [0.4, 0.5) is 4.39 Å². The average Bonchev–Trinajstić information content (AvgIpc) is 2.33. The second kappa shape index (κ2) is 5.07. The predicted octanol–water partition coefficient (Wildman–Crippen LogP) is 1.82. The van der Waals surface area contributed by atoms with Crippen molar-refractivity contribution in [2.75, 3.05) is 14.2 Å². The summed E-state index contributed by atoms with van der Waals surface area (Å²) in [7, 11) is 2.91. The van der Waals surface area contributed by atoms with E-state index in [9.17, 15) is 9.18 Å². The van der Waals surface area contributed by atoms with Gasteiger partial charge in [-0.15, -0.1) is 0 Å². The van der Waals surface area contributed by atoms with Crippen LogP contribution in [0.25, 0.3) is 0 Å². The Bertz CT molecular complexity index is 375. The Morgan fingerprint density at radius 2 is 2.12 bits per heavy atom. The summed E-state index contributed by atoms with van der Waals surface area (Å²) in [5, 5.41) is 2.86. The number of carbonyl (C=O) groups is 1. The molecule has 3 nitrogen and oxygen atoms in total. The first-order valence-corrected chi connectivity index (χ1v) is 5.14. The van der Waals surface area contributed by atoms with E-state index < -0.39 is 17.3 Å². The molecule has 0 aromatic heterocycles. The third-order valence-corrected chi connectivity index (χ3v) is 2.82. The average molecular weight is 225 g/mol. The highest BCUT2D eigenvalue weighted by Gasteiger charge is 2.40. The number of rotatable bonds is 4. The number of esters is 1. The fourth-order valence-corrected chi connectivity index (χ4v) is 1.84. The molecule has 4 heteroatoms. The van der Waals surface area contributed by atoms with Crippen LogP contribution < -0.4 is 5.32 Å². The van der Waals surface area contributed by atoms with Gasteiger partial charge < -0.3 is 10.1 Å². The molecule has 16 heavy (non-hydrogen) atoms. The van der Waals surface area contributed by atoms with Gasteiger partial charge in [-0.3, -0.25) is 0 Å². The third-order valence-electron chi connectivity index (χ3n) is 2.82. The summed E-state index contributed by atoms with van der Waals surface area (Å²) in [4.78, 5) is 11.8. The zero-order chi connectivity index (χ0) is 12.2. The summed E-state index contributed by atoms with van der Waals surface area (Å²) in [5.41, 5.74) is -0.799. The lowest BCUT2D eigenvalue weighted by molar-refractivity contribution is -0.149. The molecule has 0 heterocycles. The van der Waals surface area contributed by atoms with Crippen LogP contribution in [0.15, 0.2) is 24.3 Å². The van der Waals surface area contributed by atoms with Crippen molar-refractivity contribution in [1.82, 2.24) is 5.32 Å². The Morgan fingerprint density at radius 1 is 1.50 bits per heavy atom. The largest absolute Gasteiger partial charge is 0.467 e. The van der Waals surface area contributed by atoms with Crippen molar-refractivity contribution < 1.29 is 13.9 Å². The van der Waals surface area contributed by atoms with Crippen molar-refractivity contribution in [3.8, 4) is 0 Å². The van der Waals surface area contributed by atoms with Crippen molar-refractivity contribution in [2.45, 2.75) is 18.9 Å². The maximum absolute atomic E-state index is 13.7. The lowest BCUT2D eigenvalue weighted by Gasteiger charge is -2.30. The molecule has 0 fully saturated rings. The molecule has 1 unspecified atom stereocenters. The Morgan fingerprint density at radius 3 is 2.56 bits per heavy atom. The summed E-state index contributed by atoms with van der Waals surface area (Å²) in [6, 6.07) is 6.21. The fourth-order valence-electron chi connectivity index (χ4n) is 1.84. The first kappa shape index (κ1) is 12.6. The van der Waals surface area contributed by atoms with Crippen molar-refractivity contribution in [3.05, 3.63) is 35.6 Å². The molecule has 1 atom stereocenters. The lowest BCUT2D eigenvalue weighted by Crippen LogP contribution is -2.48. The van der Waals surface area contributed by atoms with E-state index in [1.165, 1.54) is 13.2 Å². The molecular formula is C12H16FNO2. The second-order valence-electron chi connectivity index (χ2n) is 3.48. The van der Waals surface area contributed by atoms with Crippen molar-refractivity contribution in [3.63, 3.8) is 0 Å². The van der Waals surface area contributed by atoms with E-state index in [1.807, 2.05) is 0 Å². The van der Waals surface area contributed by atoms with Gasteiger partial charge in [0.2, 0.25) is 0 Å². The molecule has 0 saturated carbocycles. The second-order valence-corrected chi connectivity index (χ2v) is 3.48. The van der Waals surface area contributed by atoms with Gasteiger partial charge >= 0.3 is 5.97 Å². The number of ether oxygens (including phenoxy) is 1. The smallest absolute Gasteiger partial charge is 0.330 e. The summed E-state index contributed by atoms with van der Waals surface area (Å²) in [6.07, 6.45) is 0.414. The normalized spacial score (nSPS) is 14.2. The van der Waals surface area contributed by atoms with Crippen LogP contribution in [-0.4, -0.2) is 20.1 Å². The Balaban J connectivity index is 3.32. The molecule has 0 radical (unpaired) electrons. The SMILES string of the molecule is CCC(NC)(C(=O)OC)c1ccccc1F. The maximum atomic E-state index is 13.7. The van der Waals surface area contributed by atoms with E-state index in [-0.39, 0.29) is 0 Å². The van der Waals surface area contributed by atoms with Gasteiger partial charge in [0, 0.05) is 5.56 Å². The zero-order valence-electron chi connectivity index (χ0n) is 9.71. The highest BCUT2D eigenvalue weighted by Crippen LogP contribution is 2.28. The van der Waals surface area contributed by atoms with Gasteiger partial charge in [-0.1, -0.05) is 25.1 Å². The Hall–Kier alpha value is -1.42. The number of hydrogen-bond donors (Lipinski definition) is 1. The number of methoxy groups -OCH3 is 1. The quantitative estimate of drug-likeness (QED) is 0.794. The fraction of sp³-hybridized carbons (Fsp3) is 0.417. The van der Waals surface area contributed by atoms with E-state index in [1.54, 1.807) is 32.2 Å². The number of nitrogens with one attached hydrogen (secondary N) is 1. The molecule has 88 valence electrons. The molecule has 0 amide bonds. The van der Waals surface area contributed by atoms with E-state index in [0.717, 1.165) is 0 Å². The Labute approximate surface area is 94.6 Å². The van der Waals surface area contributed by atoms with Crippen LogP contribution in [0.1, 0.15) is 18.9 Å². The minimum absolute atomic E-state index is 0.312. The monoisotopic (exact) mass is 225 g/mol. The molecule has 1 aromatic carbocycles. The van der Waals surface area contributed by atoms with Crippen molar-refractivity contribution >= 4 is 5.97 Å². The van der Waals surface area contributed by atoms with E-state index in [2.05, 4.69) is 5.32 Å². The van der Waals surface area contributed by atoms with Crippen molar-refractivity contribution in [1.29, 1.82) is 0 Å². The van der Waals surface area contributed by atoms with E-state index >= 15 is 0 Å². The minimum Gasteiger partial charge on any atom is -0.467 e. The molecule has 0 aliphatic carbocycles. The molecule has 1 N–H and O–H groups in total. The van der Waals surface area contributed by atoms with Crippen LogP contribution in [0, 0.1) is 5.82 Å². The molecule has 1 aromatic rings. The topological polar surface area (TPSA) is 38.3 Å². The molecule has 0 spiro atoms. The van der Waals surface area contributed by atoms with Gasteiger partial charge in [0.15, 0.2) is 0 Å². The van der Waals surface area contributed by atoms with E-state index in [0.29, 0.717) is 12.0 Å². The summed E-state index contributed by atoms with van der Waals surface area (Å²) >= 11 is 0. The number of halogens is 1. The van der Waals surface area contributed by atoms with Crippen molar-refractivity contribution in [2.24, 2.45) is 0 Å². The zero-order valence-corrected chi connectivity index (χ0v) is 9.71. The standard InChI is InChI=1S/C12H16FNO2/c1-4-12(14-2,11(15)16-3)9-7-5-6-8-10(9)13/h5-8,14H,4H2,1-3H3. The van der Waals surface area contributed by atoms with Gasteiger partial charge in [0.1, 0.15) is 11.4 Å². The summed E-state index contributed by atoms with van der Waals surface area (Å²) < 4.78 is 18.4. The summed E-state index contributed by atoms with van der Waals surface area (Å²) in [6.45, 7) is 1.81. The number of hydrogen-bond acceptors (Lipinski definition) is 3. The van der Waals surface area contributed by atoms with Gasteiger partial charge in [0.05, 0.1) is 7.11 Å². The van der Waals surface area contributed by atoms with Gasteiger partial charge in [-0.2, -0.15) is 0 Å². The Kier molecular flexibility index (Phi) is 4.01. The molecule has 0 saturated heterocycles. The highest BCUT2D eigenvalue weighted by molar-refractivity contribution is 5.82. The summed E-state index contributed by atoms with van der Waals surface area (Å²) in [5.74, 6) is -0.897. The predicted molar refractivity (Wildman–Crippen MR) is 59.4 cm³/mol. The van der Waals surface area contributed by atoms with Gasteiger partial charge in [0.25, 0.3) is 0 Å². The lowest BCUT2D eigenvalue weighted by atomic mass is 9.87.